The summed E-state index contributed by atoms with van der Waals surface area (Å²) in [6, 6.07) is 30.2. The van der Waals surface area contributed by atoms with Gasteiger partial charge in [-0.2, -0.15) is 47.4 Å². The molecule has 0 aliphatic heterocycles. The smallest absolute Gasteiger partial charge is 0.307 e. The summed E-state index contributed by atoms with van der Waals surface area (Å²) >= 11 is 0. The van der Waals surface area contributed by atoms with Crippen LogP contribution in [0.5, 0.6) is 0 Å². The second-order valence-corrected chi connectivity index (χ2v) is 12.4. The lowest BCUT2D eigenvalue weighted by Gasteiger charge is -2.19. The minimum atomic E-state index is -5.13. The van der Waals surface area contributed by atoms with E-state index in [1.165, 1.54) is 24.4 Å². The molecule has 0 aliphatic carbocycles. The maximum absolute atomic E-state index is 14.3. The van der Waals surface area contributed by atoms with E-state index in [9.17, 15) is 47.4 Å². The Morgan fingerprint density at radius 3 is 1.19 bits per heavy atom. The molecule has 3 aromatic heterocycles. The molecule has 0 unspecified atom stereocenters. The van der Waals surface area contributed by atoms with Gasteiger partial charge in [-0.25, -0.2) is 4.98 Å². The summed E-state index contributed by atoms with van der Waals surface area (Å²) in [4.78, 5) is 4.74. The molecule has 0 spiro atoms. The maximum Gasteiger partial charge on any atom is 0.416 e. The molecule has 0 fully saturated rings. The molecular weight excluding hydrogens is 704 g/mol. The molecule has 0 saturated carbocycles. The Labute approximate surface area is 300 Å². The van der Waals surface area contributed by atoms with Crippen molar-refractivity contribution in [1.29, 1.82) is 21.0 Å². The molecule has 3 heterocycles. The highest BCUT2D eigenvalue weighted by molar-refractivity contribution is 6.11. The third-order valence-electron chi connectivity index (χ3n) is 9.28. The Hall–Kier alpha value is -7.61. The lowest BCUT2D eigenvalue weighted by Crippen LogP contribution is -2.11. The highest BCUT2D eigenvalue weighted by atomic mass is 19.4. The van der Waals surface area contributed by atoms with Crippen molar-refractivity contribution in [2.45, 2.75) is 12.4 Å². The molecule has 5 aromatic carbocycles. The highest BCUT2D eigenvalue weighted by Crippen LogP contribution is 2.43. The number of alkyl halides is 6. The Morgan fingerprint density at radius 1 is 0.463 bits per heavy atom. The average Bonchev–Trinajstić information content (AvgIpc) is 3.67. The lowest BCUT2D eigenvalue weighted by molar-refractivity contribution is -0.143. The van der Waals surface area contributed by atoms with Gasteiger partial charge < -0.3 is 4.57 Å². The molecular formula is C41H17F6N7. The second kappa shape index (κ2) is 12.0. The van der Waals surface area contributed by atoms with Gasteiger partial charge in [0, 0.05) is 27.1 Å². The number of hydrogen-bond acceptors (Lipinski definition) is 5. The first kappa shape index (κ1) is 33.5. The topological polar surface area (TPSA) is 118 Å². The number of benzene rings is 5. The molecule has 54 heavy (non-hydrogen) atoms. The molecule has 13 heteroatoms. The van der Waals surface area contributed by atoms with Crippen molar-refractivity contribution in [3.8, 4) is 46.9 Å². The summed E-state index contributed by atoms with van der Waals surface area (Å²) in [5.74, 6) is 0.119. The molecule has 0 N–H and O–H groups in total. The average molecular weight is 722 g/mol. The summed E-state index contributed by atoms with van der Waals surface area (Å²) in [5, 5.41) is 40.7. The number of aromatic nitrogens is 3. The largest absolute Gasteiger partial charge is 0.416 e. The van der Waals surface area contributed by atoms with Crippen molar-refractivity contribution in [3.63, 3.8) is 0 Å². The summed E-state index contributed by atoms with van der Waals surface area (Å²) in [7, 11) is 0. The Kier molecular flexibility index (Phi) is 7.44. The zero-order valence-corrected chi connectivity index (χ0v) is 27.2. The Morgan fingerprint density at radius 2 is 0.833 bits per heavy atom. The minimum Gasteiger partial charge on any atom is -0.307 e. The van der Waals surface area contributed by atoms with Crippen LogP contribution in [0.4, 0.5) is 26.3 Å². The van der Waals surface area contributed by atoms with Crippen LogP contribution in [0, 0.1) is 45.3 Å². The fourth-order valence-corrected chi connectivity index (χ4v) is 6.91. The van der Waals surface area contributed by atoms with Crippen LogP contribution < -0.4 is 0 Å². The molecule has 258 valence electrons. The van der Waals surface area contributed by atoms with E-state index < -0.39 is 29.0 Å². The van der Waals surface area contributed by atoms with Gasteiger partial charge in [0.25, 0.3) is 0 Å². The molecule has 0 bridgehead atoms. The van der Waals surface area contributed by atoms with Gasteiger partial charge in [-0.05, 0) is 103 Å². The maximum atomic E-state index is 14.3. The third-order valence-corrected chi connectivity index (χ3v) is 9.28. The molecule has 8 rings (SSSR count). The van der Waals surface area contributed by atoms with E-state index in [1.807, 2.05) is 0 Å². The van der Waals surface area contributed by atoms with E-state index in [0.717, 1.165) is 0 Å². The molecule has 0 radical (unpaired) electrons. The number of fused-ring (bicyclic) bond motifs is 6. The molecule has 7 nitrogen and oxygen atoms in total. The van der Waals surface area contributed by atoms with E-state index in [2.05, 4.69) is 24.3 Å². The van der Waals surface area contributed by atoms with Crippen LogP contribution in [0.3, 0.4) is 0 Å². The van der Waals surface area contributed by atoms with Gasteiger partial charge in [-0.3, -0.25) is 4.57 Å². The third kappa shape index (κ3) is 5.32. The number of halogens is 6. The minimum absolute atomic E-state index is 0.0543. The van der Waals surface area contributed by atoms with Gasteiger partial charge >= 0.3 is 12.4 Å². The predicted molar refractivity (Wildman–Crippen MR) is 187 cm³/mol. The summed E-state index contributed by atoms with van der Waals surface area (Å²) in [6.07, 6.45) is -8.92. The van der Waals surface area contributed by atoms with E-state index in [4.69, 9.17) is 4.98 Å². The molecule has 0 atom stereocenters. The van der Waals surface area contributed by atoms with Gasteiger partial charge in [-0.1, -0.05) is 0 Å². The second-order valence-electron chi connectivity index (χ2n) is 12.4. The van der Waals surface area contributed by atoms with Gasteiger partial charge in [-0.15, -0.1) is 0 Å². The fourth-order valence-electron chi connectivity index (χ4n) is 6.91. The summed E-state index contributed by atoms with van der Waals surface area (Å²) < 4.78 is 88.9. The van der Waals surface area contributed by atoms with Gasteiger partial charge in [0.15, 0.2) is 0 Å². The van der Waals surface area contributed by atoms with Crippen LogP contribution in [0.15, 0.2) is 103 Å². The first-order valence-corrected chi connectivity index (χ1v) is 15.9. The SMILES string of the molecule is N#Cc1ccc2c(c1)c1cc(C#N)ccc1n2-c1cc(-c2cc(C(F)(F)F)cc(C(F)(F)F)c2)c(-n2c3ccc(C#N)cc3c3cc(C#N)ccc32)cn1. The van der Waals surface area contributed by atoms with Gasteiger partial charge in [0.1, 0.15) is 5.82 Å². The zero-order chi connectivity index (χ0) is 38.1. The highest BCUT2D eigenvalue weighted by Gasteiger charge is 2.37. The van der Waals surface area contributed by atoms with Crippen LogP contribution in [0.2, 0.25) is 0 Å². The molecule has 8 aromatic rings. The van der Waals surface area contributed by atoms with E-state index in [0.29, 0.717) is 66.9 Å². The predicted octanol–water partition coefficient (Wildman–Crippen LogP) is 10.5. The van der Waals surface area contributed by atoms with Crippen LogP contribution in [0.25, 0.3) is 66.2 Å². The van der Waals surface area contributed by atoms with Crippen LogP contribution in [0.1, 0.15) is 33.4 Å². The van der Waals surface area contributed by atoms with Crippen molar-refractivity contribution < 1.29 is 26.3 Å². The van der Waals surface area contributed by atoms with Crippen molar-refractivity contribution in [2.75, 3.05) is 0 Å². The number of nitriles is 4. The normalized spacial score (nSPS) is 11.8. The quantitative estimate of drug-likeness (QED) is 0.168. The standard InChI is InChI=1S/C41H17F6N7/c42-40(43,44)27-13-26(14-28(15-27)41(45,46)47)29-16-39(54-36-7-3-24(19-50)11-32(36)33-12-25(20-51)4-8-37(33)54)52-21-38(29)53-34-5-1-22(17-48)9-30(34)31-10-23(18-49)2-6-35(31)53/h1-16,21H. The van der Waals surface area contributed by atoms with Crippen molar-refractivity contribution in [3.05, 3.63) is 137 Å². The first-order chi connectivity index (χ1) is 25.8. The lowest BCUT2D eigenvalue weighted by atomic mass is 9.98. The number of rotatable bonds is 3. The van der Waals surface area contributed by atoms with E-state index in [-0.39, 0.29) is 34.3 Å². The van der Waals surface area contributed by atoms with E-state index in [1.54, 1.807) is 69.8 Å². The van der Waals surface area contributed by atoms with Gasteiger partial charge in [0.2, 0.25) is 0 Å². The van der Waals surface area contributed by atoms with Gasteiger partial charge in [0.05, 0.1) is 91.6 Å². The van der Waals surface area contributed by atoms with Crippen LogP contribution >= 0.6 is 0 Å². The van der Waals surface area contributed by atoms with Crippen molar-refractivity contribution >= 4 is 43.6 Å². The zero-order valence-electron chi connectivity index (χ0n) is 27.2. The molecule has 0 aliphatic rings. The Balaban J connectivity index is 1.52. The Bertz CT molecular complexity index is 2910. The molecule has 0 saturated heterocycles. The summed E-state index contributed by atoms with van der Waals surface area (Å²) in [5.41, 5.74) is -0.247. The first-order valence-electron chi connectivity index (χ1n) is 15.9. The van der Waals surface area contributed by atoms with Crippen molar-refractivity contribution in [2.24, 2.45) is 0 Å². The number of nitrogens with zero attached hydrogens (tertiary/aromatic N) is 7. The monoisotopic (exact) mass is 721 g/mol. The number of hydrogen-bond donors (Lipinski definition) is 0. The molecule has 0 amide bonds. The van der Waals surface area contributed by atoms with Crippen LogP contribution in [-0.4, -0.2) is 14.1 Å². The fraction of sp³-hybridized carbons (Fsp3) is 0.0488. The van der Waals surface area contributed by atoms with E-state index >= 15 is 0 Å². The van der Waals surface area contributed by atoms with Crippen molar-refractivity contribution in [1.82, 2.24) is 14.1 Å². The van der Waals surface area contributed by atoms with Crippen LogP contribution in [-0.2, 0) is 12.4 Å². The number of pyridine rings is 1. The summed E-state index contributed by atoms with van der Waals surface area (Å²) in [6.45, 7) is 0.